The van der Waals surface area contributed by atoms with Gasteiger partial charge in [0.1, 0.15) is 9.84 Å². The third-order valence-corrected chi connectivity index (χ3v) is 9.29. The maximum absolute atomic E-state index is 12.5. The predicted octanol–water partition coefficient (Wildman–Crippen LogP) is 1.39. The molecule has 2 rings (SSSR count). The van der Waals surface area contributed by atoms with Gasteiger partial charge in [-0.2, -0.15) is 0 Å². The highest BCUT2D eigenvalue weighted by Crippen LogP contribution is 2.29. The summed E-state index contributed by atoms with van der Waals surface area (Å²) in [4.78, 5) is 0.409. The van der Waals surface area contributed by atoms with Crippen LogP contribution in [0.5, 0.6) is 0 Å². The molecule has 0 aromatic rings. The van der Waals surface area contributed by atoms with Crippen LogP contribution in [-0.2, 0) is 19.9 Å². The zero-order valence-corrected chi connectivity index (χ0v) is 14.9. The molecule has 5 nitrogen and oxygen atoms in total. The van der Waals surface area contributed by atoms with Crippen molar-refractivity contribution in [1.29, 1.82) is 0 Å². The Morgan fingerprint density at radius 3 is 2.05 bits per heavy atom. The van der Waals surface area contributed by atoms with Crippen LogP contribution in [0.4, 0.5) is 0 Å². The Balaban J connectivity index is 1.98. The fraction of sp³-hybridized carbons (Fsp3) is 1.00. The molecule has 0 spiro atoms. The third kappa shape index (κ3) is 3.75. The van der Waals surface area contributed by atoms with Crippen molar-refractivity contribution >= 4 is 35.8 Å². The van der Waals surface area contributed by atoms with Gasteiger partial charge < -0.3 is 0 Å². The summed E-state index contributed by atoms with van der Waals surface area (Å²) in [6.07, 6.45) is 2.24. The minimum absolute atomic E-state index is 0.00575. The maximum atomic E-state index is 12.5. The normalized spacial score (nSPS) is 28.3. The number of alkyl halides is 1. The maximum Gasteiger partial charge on any atom is 0.217 e. The van der Waals surface area contributed by atoms with E-state index in [-0.39, 0.29) is 24.3 Å². The second-order valence-corrected chi connectivity index (χ2v) is 11.8. The number of halogens is 1. The molecule has 2 aliphatic rings. The van der Waals surface area contributed by atoms with E-state index in [9.17, 15) is 16.8 Å². The molecule has 2 aliphatic heterocycles. The highest BCUT2D eigenvalue weighted by atomic mass is 79.9. The summed E-state index contributed by atoms with van der Waals surface area (Å²) < 4.78 is 49.5. The summed E-state index contributed by atoms with van der Waals surface area (Å²) in [7, 11) is -6.35. The Morgan fingerprint density at radius 1 is 1.10 bits per heavy atom. The number of hydrogen-bond acceptors (Lipinski definition) is 4. The molecule has 2 heterocycles. The van der Waals surface area contributed by atoms with Crippen LogP contribution in [0, 0.1) is 5.92 Å². The monoisotopic (exact) mass is 387 g/mol. The molecular weight excluding hydrogens is 366 g/mol. The van der Waals surface area contributed by atoms with Gasteiger partial charge >= 0.3 is 0 Å². The van der Waals surface area contributed by atoms with Crippen LogP contribution in [0.2, 0.25) is 0 Å². The quantitative estimate of drug-likeness (QED) is 0.685. The topological polar surface area (TPSA) is 71.5 Å². The molecule has 0 aliphatic carbocycles. The predicted molar refractivity (Wildman–Crippen MR) is 83.3 cm³/mol. The van der Waals surface area contributed by atoms with Gasteiger partial charge in [0, 0.05) is 17.9 Å². The van der Waals surface area contributed by atoms with Gasteiger partial charge in [0.15, 0.2) is 0 Å². The van der Waals surface area contributed by atoms with Gasteiger partial charge in [0.2, 0.25) is 10.0 Å². The van der Waals surface area contributed by atoms with Gasteiger partial charge in [-0.3, -0.25) is 0 Å². The van der Waals surface area contributed by atoms with Crippen LogP contribution in [0.3, 0.4) is 0 Å². The first-order valence-corrected chi connectivity index (χ1v) is 11.3. The Hall–Kier alpha value is 0.340. The summed E-state index contributed by atoms with van der Waals surface area (Å²) in [6, 6.07) is 0. The molecule has 20 heavy (non-hydrogen) atoms. The van der Waals surface area contributed by atoms with Crippen molar-refractivity contribution in [1.82, 2.24) is 4.31 Å². The van der Waals surface area contributed by atoms with Crippen LogP contribution >= 0.6 is 15.9 Å². The fourth-order valence-electron chi connectivity index (χ4n) is 2.97. The van der Waals surface area contributed by atoms with Crippen molar-refractivity contribution in [2.75, 3.05) is 24.6 Å². The zero-order valence-electron chi connectivity index (χ0n) is 11.7. The van der Waals surface area contributed by atoms with Gasteiger partial charge in [-0.15, -0.1) is 0 Å². The summed E-state index contributed by atoms with van der Waals surface area (Å²) >= 11 is 3.56. The van der Waals surface area contributed by atoms with Crippen LogP contribution in [0.1, 0.15) is 32.6 Å². The van der Waals surface area contributed by atoms with Gasteiger partial charge in [0.25, 0.3) is 0 Å². The van der Waals surface area contributed by atoms with E-state index < -0.39 is 25.1 Å². The molecule has 0 radical (unpaired) electrons. The first kappa shape index (κ1) is 16.7. The molecule has 118 valence electrons. The molecule has 0 aromatic carbocycles. The second kappa shape index (κ2) is 6.22. The lowest BCUT2D eigenvalue weighted by Crippen LogP contribution is -2.46. The van der Waals surface area contributed by atoms with E-state index in [1.807, 2.05) is 0 Å². The molecule has 1 atom stereocenters. The lowest BCUT2D eigenvalue weighted by atomic mass is 9.96. The van der Waals surface area contributed by atoms with Gasteiger partial charge in [-0.1, -0.05) is 22.9 Å². The molecule has 0 aromatic heterocycles. The second-order valence-electron chi connectivity index (χ2n) is 5.81. The van der Waals surface area contributed by atoms with Crippen LogP contribution < -0.4 is 0 Å². The minimum atomic E-state index is -3.33. The van der Waals surface area contributed by atoms with E-state index in [1.54, 1.807) is 4.31 Å². The average Bonchev–Trinajstić information content (AvgIpc) is 2.38. The standard InChI is InChI=1S/C12H22BrNO4S2/c1-10(13)11-2-6-14(7-3-11)20(17,18)12-4-8-19(15,16)9-5-12/h10-12H,2-9H2,1H3. The van der Waals surface area contributed by atoms with Crippen molar-refractivity contribution in [3.63, 3.8) is 0 Å². The van der Waals surface area contributed by atoms with E-state index in [0.717, 1.165) is 12.8 Å². The lowest BCUT2D eigenvalue weighted by Gasteiger charge is -2.35. The lowest BCUT2D eigenvalue weighted by molar-refractivity contribution is 0.272. The van der Waals surface area contributed by atoms with Gasteiger partial charge in [0.05, 0.1) is 16.8 Å². The van der Waals surface area contributed by atoms with Gasteiger partial charge in [-0.05, 0) is 31.6 Å². The molecule has 2 saturated heterocycles. The van der Waals surface area contributed by atoms with Crippen molar-refractivity contribution in [3.05, 3.63) is 0 Å². The van der Waals surface area contributed by atoms with E-state index in [0.29, 0.717) is 23.8 Å². The number of sulfonamides is 1. The molecule has 1 unspecified atom stereocenters. The molecule has 8 heteroatoms. The van der Waals surface area contributed by atoms with Crippen molar-refractivity contribution in [2.45, 2.75) is 42.7 Å². The highest BCUT2D eigenvalue weighted by molar-refractivity contribution is 9.09. The fourth-order valence-corrected chi connectivity index (χ4v) is 7.26. The molecular formula is C12H22BrNO4S2. The van der Waals surface area contributed by atoms with Crippen molar-refractivity contribution in [3.8, 4) is 0 Å². The Labute approximate surface area is 130 Å². The molecule has 0 bridgehead atoms. The Kier molecular flexibility index (Phi) is 5.20. The molecule has 0 N–H and O–H groups in total. The van der Waals surface area contributed by atoms with Crippen molar-refractivity contribution in [2.24, 2.45) is 5.92 Å². The Bertz CT molecular complexity index is 522. The number of rotatable bonds is 3. The SMILES string of the molecule is CC(Br)C1CCN(S(=O)(=O)C2CCS(=O)(=O)CC2)CC1. The number of sulfone groups is 1. The third-order valence-electron chi connectivity index (χ3n) is 4.43. The first-order valence-electron chi connectivity index (χ1n) is 7.06. The van der Waals surface area contributed by atoms with E-state index in [2.05, 4.69) is 22.9 Å². The Morgan fingerprint density at radius 2 is 1.60 bits per heavy atom. The number of nitrogens with zero attached hydrogens (tertiary/aromatic N) is 1. The van der Waals surface area contributed by atoms with Crippen LogP contribution in [0.15, 0.2) is 0 Å². The van der Waals surface area contributed by atoms with E-state index >= 15 is 0 Å². The molecule has 0 saturated carbocycles. The van der Waals surface area contributed by atoms with E-state index in [1.165, 1.54) is 0 Å². The number of piperidine rings is 1. The summed E-state index contributed by atoms with van der Waals surface area (Å²) in [5, 5.41) is -0.510. The average molecular weight is 388 g/mol. The molecule has 2 fully saturated rings. The van der Waals surface area contributed by atoms with Gasteiger partial charge in [-0.25, -0.2) is 21.1 Å². The largest absolute Gasteiger partial charge is 0.229 e. The van der Waals surface area contributed by atoms with Crippen molar-refractivity contribution < 1.29 is 16.8 Å². The summed E-state index contributed by atoms with van der Waals surface area (Å²) in [5.41, 5.74) is 0. The molecule has 0 amide bonds. The summed E-state index contributed by atoms with van der Waals surface area (Å²) in [5.74, 6) is 0.533. The van der Waals surface area contributed by atoms with Crippen LogP contribution in [0.25, 0.3) is 0 Å². The van der Waals surface area contributed by atoms with E-state index in [4.69, 9.17) is 0 Å². The minimum Gasteiger partial charge on any atom is -0.229 e. The number of hydrogen-bond donors (Lipinski definition) is 0. The van der Waals surface area contributed by atoms with Crippen LogP contribution in [-0.4, -0.2) is 55.8 Å². The summed E-state index contributed by atoms with van der Waals surface area (Å²) in [6.45, 7) is 3.22. The first-order chi connectivity index (χ1) is 9.22. The smallest absolute Gasteiger partial charge is 0.217 e. The zero-order chi connectivity index (χ0) is 15.0. The highest BCUT2D eigenvalue weighted by Gasteiger charge is 2.38.